The molecule has 4 heteroatoms. The smallest absolute Gasteiger partial charge is 0.297 e. The fourth-order valence-corrected chi connectivity index (χ4v) is 12.1. The van der Waals surface area contributed by atoms with Crippen LogP contribution in [0.4, 0.5) is 28.4 Å². The molecule has 0 radical (unpaired) electrons. The van der Waals surface area contributed by atoms with Crippen LogP contribution in [0.2, 0.25) is 0 Å². The second kappa shape index (κ2) is 14.8. The molecule has 2 aliphatic carbocycles. The number of nitrogens with zero attached hydrogens (tertiary/aromatic N) is 2. The maximum absolute atomic E-state index is 7.80. The molecule has 1 aromatic heterocycles. The van der Waals surface area contributed by atoms with E-state index in [1.54, 1.807) is 0 Å². The van der Waals surface area contributed by atoms with Crippen molar-refractivity contribution in [2.24, 2.45) is 0 Å². The van der Waals surface area contributed by atoms with Crippen molar-refractivity contribution in [1.29, 1.82) is 0 Å². The van der Waals surface area contributed by atoms with Crippen LogP contribution in [0.25, 0.3) is 11.1 Å². The van der Waals surface area contributed by atoms with Gasteiger partial charge in [0.1, 0.15) is 5.76 Å². The molecular weight excluding hydrogens is 812 g/mol. The molecule has 67 heavy (non-hydrogen) atoms. The minimum Gasteiger partial charge on any atom is -0.472 e. The number of anilines is 5. The summed E-state index contributed by atoms with van der Waals surface area (Å²) in [6.45, 7) is 41.5. The summed E-state index contributed by atoms with van der Waals surface area (Å²) < 4.78 is 7.80. The first kappa shape index (κ1) is 45.8. The van der Waals surface area contributed by atoms with E-state index in [-0.39, 0.29) is 44.6 Å². The molecule has 0 fully saturated rings. The van der Waals surface area contributed by atoms with Crippen molar-refractivity contribution in [1.82, 2.24) is 0 Å². The van der Waals surface area contributed by atoms with E-state index in [2.05, 4.69) is 225 Å². The van der Waals surface area contributed by atoms with E-state index < -0.39 is 0 Å². The molecule has 10 rings (SSSR count). The van der Waals surface area contributed by atoms with Crippen LogP contribution >= 0.6 is 0 Å². The summed E-state index contributed by atoms with van der Waals surface area (Å²) in [7, 11) is 0. The monoisotopic (exact) mass is 889 g/mol. The van der Waals surface area contributed by atoms with E-state index in [4.69, 9.17) is 4.42 Å². The Morgan fingerprint density at radius 3 is 1.70 bits per heavy atom. The Bertz CT molecular complexity index is 2940. The Kier molecular flexibility index (Phi) is 10.1. The summed E-state index contributed by atoms with van der Waals surface area (Å²) in [5, 5.41) is 0. The first-order valence-electron chi connectivity index (χ1n) is 25.5. The maximum Gasteiger partial charge on any atom is 0.297 e. The van der Waals surface area contributed by atoms with Gasteiger partial charge in [-0.05, 0) is 144 Å². The lowest BCUT2D eigenvalue weighted by Gasteiger charge is -2.47. The van der Waals surface area contributed by atoms with Gasteiger partial charge < -0.3 is 14.2 Å². The predicted molar refractivity (Wildman–Crippen MR) is 289 cm³/mol. The molecule has 0 atom stereocenters. The van der Waals surface area contributed by atoms with Crippen LogP contribution in [-0.2, 0) is 44.4 Å². The largest absolute Gasteiger partial charge is 0.472 e. The van der Waals surface area contributed by atoms with E-state index in [1.807, 2.05) is 0 Å². The minimum atomic E-state index is -0.114. The number of rotatable bonds is 4. The van der Waals surface area contributed by atoms with E-state index in [0.29, 0.717) is 0 Å². The fraction of sp³-hybridized carbons (Fsp3) is 0.460. The van der Waals surface area contributed by atoms with Gasteiger partial charge in [-0.1, -0.05) is 184 Å². The van der Waals surface area contributed by atoms with Crippen LogP contribution in [-0.4, -0.2) is 6.71 Å². The topological polar surface area (TPSA) is 19.6 Å². The second-order valence-corrected chi connectivity index (χ2v) is 26.8. The Labute approximate surface area is 404 Å². The third kappa shape index (κ3) is 7.36. The van der Waals surface area contributed by atoms with Crippen molar-refractivity contribution in [2.75, 3.05) is 9.80 Å². The highest BCUT2D eigenvalue weighted by molar-refractivity contribution is 6.99. The third-order valence-electron chi connectivity index (χ3n) is 16.9. The molecule has 348 valence electrons. The van der Waals surface area contributed by atoms with Crippen LogP contribution in [0.1, 0.15) is 188 Å². The highest BCUT2D eigenvalue weighted by atomic mass is 16.3. The molecule has 5 aromatic carbocycles. The quantitative estimate of drug-likeness (QED) is 0.164. The second-order valence-electron chi connectivity index (χ2n) is 26.8. The van der Waals surface area contributed by atoms with Crippen LogP contribution in [0.15, 0.2) is 101 Å². The molecule has 0 bridgehead atoms. The van der Waals surface area contributed by atoms with Crippen molar-refractivity contribution in [3.63, 3.8) is 0 Å². The minimum absolute atomic E-state index is 0.0117. The van der Waals surface area contributed by atoms with Gasteiger partial charge in [0.15, 0.2) is 0 Å². The highest BCUT2D eigenvalue weighted by Gasteiger charge is 2.53. The first-order valence-corrected chi connectivity index (χ1v) is 25.5. The van der Waals surface area contributed by atoms with Crippen LogP contribution < -0.4 is 26.4 Å². The molecule has 3 nitrogen and oxygen atoms in total. The van der Waals surface area contributed by atoms with Gasteiger partial charge in [0.25, 0.3) is 6.71 Å². The predicted octanol–water partition coefficient (Wildman–Crippen LogP) is 15.5. The summed E-state index contributed by atoms with van der Waals surface area (Å²) >= 11 is 0. The summed E-state index contributed by atoms with van der Waals surface area (Å²) in [6, 6.07) is 38.3. The third-order valence-corrected chi connectivity index (χ3v) is 16.9. The Balaban J connectivity index is 1.34. The molecule has 0 saturated carbocycles. The zero-order chi connectivity index (χ0) is 48.2. The number of furan rings is 1. The van der Waals surface area contributed by atoms with Gasteiger partial charge in [-0.2, -0.15) is 0 Å². The summed E-state index contributed by atoms with van der Waals surface area (Å²) in [5.41, 5.74) is 22.4. The number of fused-ring (bicyclic) bond motifs is 7. The van der Waals surface area contributed by atoms with Crippen LogP contribution in [0, 0.1) is 0 Å². The maximum atomic E-state index is 7.80. The van der Waals surface area contributed by atoms with Crippen molar-refractivity contribution in [2.45, 2.75) is 188 Å². The number of benzene rings is 5. The first-order chi connectivity index (χ1) is 31.1. The van der Waals surface area contributed by atoms with Crippen molar-refractivity contribution in [3.8, 4) is 11.1 Å². The Morgan fingerprint density at radius 1 is 0.537 bits per heavy atom. The summed E-state index contributed by atoms with van der Waals surface area (Å²) in [6.07, 6.45) is 4.53. The van der Waals surface area contributed by atoms with Gasteiger partial charge in [-0.3, -0.25) is 0 Å². The van der Waals surface area contributed by atoms with E-state index in [0.717, 1.165) is 25.0 Å². The van der Waals surface area contributed by atoms with Crippen LogP contribution in [0.5, 0.6) is 0 Å². The average molecular weight is 889 g/mol. The average Bonchev–Trinajstić information content (AvgIpc) is 3.68. The summed E-state index contributed by atoms with van der Waals surface area (Å²) in [4.78, 5) is 5.39. The lowest BCUT2D eigenvalue weighted by molar-refractivity contribution is 0.282. The molecule has 0 N–H and O–H groups in total. The SMILES string of the molecule is CC(C)(C)c1ccc(N2c3cc4c(cc3B3c5oc6c(c5N(Cc5ccc(C(C)(C)C)cc5-c5ccccc5)c5cc(C(C)(C)C)cc2c53)C(C)(C)CCC6(C)C)C(C)(C)CCC4(C)C)cc1. The van der Waals surface area contributed by atoms with E-state index in [9.17, 15) is 0 Å². The van der Waals surface area contributed by atoms with Crippen molar-refractivity contribution in [3.05, 3.63) is 142 Å². The molecule has 6 aromatic rings. The zero-order valence-electron chi connectivity index (χ0n) is 44.2. The Morgan fingerprint density at radius 2 is 1.09 bits per heavy atom. The fourth-order valence-electron chi connectivity index (χ4n) is 12.1. The number of hydrogen-bond donors (Lipinski definition) is 0. The highest BCUT2D eigenvalue weighted by Crippen LogP contribution is 2.55. The van der Waals surface area contributed by atoms with Gasteiger partial charge >= 0.3 is 0 Å². The normalized spacial score (nSPS) is 18.7. The lowest BCUT2D eigenvalue weighted by Crippen LogP contribution is -2.62. The van der Waals surface area contributed by atoms with Crippen LogP contribution in [0.3, 0.4) is 0 Å². The lowest BCUT2D eigenvalue weighted by atomic mass is 9.35. The molecule has 0 amide bonds. The molecule has 3 heterocycles. The van der Waals surface area contributed by atoms with E-state index >= 15 is 0 Å². The van der Waals surface area contributed by atoms with Gasteiger partial charge in [0, 0.05) is 40.3 Å². The molecular formula is C63H77BN2O. The van der Waals surface area contributed by atoms with Crippen molar-refractivity contribution >= 4 is 51.7 Å². The molecule has 2 aliphatic heterocycles. The van der Waals surface area contributed by atoms with Gasteiger partial charge in [0.2, 0.25) is 0 Å². The number of hydrogen-bond acceptors (Lipinski definition) is 3. The molecule has 0 spiro atoms. The standard InChI is InChI=1S/C63H77BN2O/c1-57(2,3)41-25-27-44(28-26-41)66-49-37-47-46(60(10,11)29-30-61(47,12)13)36-48(49)64-53-50(34-43(35-51(53)66)59(7,8)9)65(54-52-55(67-56(54)64)63(16,17)32-31-62(52,14)15)38-40-23-24-42(58(4,5)6)33-45(40)39-21-19-18-20-22-39/h18-28,33-37H,29-32,38H2,1-17H3. The summed E-state index contributed by atoms with van der Waals surface area (Å²) in [5.74, 6) is 1.18. The molecule has 0 unspecified atom stereocenters. The van der Waals surface area contributed by atoms with Gasteiger partial charge in [-0.25, -0.2) is 0 Å². The van der Waals surface area contributed by atoms with Gasteiger partial charge in [0.05, 0.1) is 11.3 Å². The molecule has 0 saturated heterocycles. The van der Waals surface area contributed by atoms with E-state index in [1.165, 1.54) is 108 Å². The van der Waals surface area contributed by atoms with Crippen molar-refractivity contribution < 1.29 is 4.42 Å². The zero-order valence-corrected chi connectivity index (χ0v) is 44.2. The Hall–Kier alpha value is -4.96. The van der Waals surface area contributed by atoms with Gasteiger partial charge in [-0.15, -0.1) is 0 Å². The molecule has 4 aliphatic rings.